The number of unbranched alkanes of at least 4 members (excludes halogenated alkanes) is 17. The number of ether oxygens (including phenoxy) is 2. The molecule has 1 aromatic rings. The van der Waals surface area contributed by atoms with Crippen LogP contribution >= 0.6 is 7.82 Å². The molecule has 0 saturated carbocycles. The predicted octanol–water partition coefficient (Wildman–Crippen LogP) is 8.50. The largest absolute Gasteiger partial charge is 0.488 e. The van der Waals surface area contributed by atoms with Crippen molar-refractivity contribution in [3.05, 3.63) is 29.8 Å². The Bertz CT molecular complexity index is 1090. The number of rotatable bonds is 27. The van der Waals surface area contributed by atoms with E-state index in [1.807, 2.05) is 0 Å². The van der Waals surface area contributed by atoms with Crippen LogP contribution in [0.3, 0.4) is 0 Å². The Morgan fingerprint density at radius 3 is 1.91 bits per heavy atom. The van der Waals surface area contributed by atoms with Gasteiger partial charge in [0, 0.05) is 7.11 Å². The van der Waals surface area contributed by atoms with Gasteiger partial charge in [0.05, 0.1) is 24.8 Å². The molecule has 0 aliphatic carbocycles. The molecule has 1 aromatic carbocycles. The third kappa shape index (κ3) is 15.3. The van der Waals surface area contributed by atoms with Gasteiger partial charge in [-0.05, 0) is 31.0 Å². The summed E-state index contributed by atoms with van der Waals surface area (Å²) < 4.78 is 40.3. The summed E-state index contributed by atoms with van der Waals surface area (Å²) in [6, 6.07) is 10.4. The molecule has 1 aliphatic rings. The summed E-state index contributed by atoms with van der Waals surface area (Å²) in [4.78, 5) is 0. The van der Waals surface area contributed by atoms with Crippen molar-refractivity contribution in [2.24, 2.45) is 0 Å². The minimum Gasteiger partial charge on any atom is -0.488 e. The Balaban J connectivity index is 1.70. The van der Waals surface area contributed by atoms with E-state index in [0.717, 1.165) is 26.4 Å². The molecule has 2 rings (SSSR count). The van der Waals surface area contributed by atoms with Gasteiger partial charge >= 0.3 is 7.82 Å². The first-order chi connectivity index (χ1) is 22.3. The average Bonchev–Trinajstić information content (AvgIpc) is 3.35. The number of phosphoric acid groups is 1. The zero-order chi connectivity index (χ0) is 33.5. The number of nitriles is 2. The molecule has 0 aromatic heterocycles. The van der Waals surface area contributed by atoms with E-state index < -0.39 is 31.9 Å². The molecule has 1 heterocycles. The Labute approximate surface area is 276 Å². The molecule has 4 unspecified atom stereocenters. The van der Waals surface area contributed by atoms with Gasteiger partial charge < -0.3 is 19.7 Å². The van der Waals surface area contributed by atoms with E-state index >= 15 is 0 Å². The van der Waals surface area contributed by atoms with E-state index in [4.69, 9.17) is 23.0 Å². The minimum absolute atomic E-state index is 0.207. The van der Waals surface area contributed by atoms with Gasteiger partial charge in [0.1, 0.15) is 24.0 Å². The Kier molecular flexibility index (Phi) is 20.4. The van der Waals surface area contributed by atoms with Crippen LogP contribution in [-0.2, 0) is 22.9 Å². The fourth-order valence-corrected chi connectivity index (χ4v) is 6.69. The van der Waals surface area contributed by atoms with Crippen LogP contribution in [0.2, 0.25) is 0 Å². The summed E-state index contributed by atoms with van der Waals surface area (Å²) >= 11 is 0. The predicted molar refractivity (Wildman–Crippen MR) is 177 cm³/mol. The van der Waals surface area contributed by atoms with Crippen molar-refractivity contribution in [2.75, 3.05) is 20.3 Å². The summed E-state index contributed by atoms with van der Waals surface area (Å²) in [6.07, 6.45) is 20.0. The average molecular weight is 665 g/mol. The van der Waals surface area contributed by atoms with E-state index in [2.05, 4.69) is 13.0 Å². The highest BCUT2D eigenvalue weighted by atomic mass is 31.2. The fraction of sp³-hybridized carbons (Fsp3) is 0.771. The zero-order valence-corrected chi connectivity index (χ0v) is 29.0. The van der Waals surface area contributed by atoms with Gasteiger partial charge in [-0.3, -0.25) is 9.05 Å². The normalized spacial score (nSPS) is 21.3. The first-order valence-corrected chi connectivity index (χ1v) is 18.9. The van der Waals surface area contributed by atoms with Gasteiger partial charge in [-0.25, -0.2) is 9.09 Å². The number of phosphoric ester groups is 1. The Morgan fingerprint density at radius 2 is 1.46 bits per heavy atom. The van der Waals surface area contributed by atoms with E-state index in [1.54, 1.807) is 30.3 Å². The SMILES string of the molecule is CCCCCCCCCCCCCCCCCCCC[C@H](COP(=O)(OC)OC1(C#N)OCC(O)C1O)Oc1cccc(C#N)c1. The maximum Gasteiger partial charge on any atom is 0.478 e. The summed E-state index contributed by atoms with van der Waals surface area (Å²) in [5.74, 6) is -1.93. The highest BCUT2D eigenvalue weighted by molar-refractivity contribution is 7.48. The van der Waals surface area contributed by atoms with Crippen LogP contribution in [-0.4, -0.2) is 54.6 Å². The van der Waals surface area contributed by atoms with Crippen LogP contribution in [0.25, 0.3) is 0 Å². The molecule has 1 aliphatic heterocycles. The van der Waals surface area contributed by atoms with Gasteiger partial charge in [0.15, 0.2) is 6.10 Å². The van der Waals surface area contributed by atoms with Crippen molar-refractivity contribution in [1.82, 2.24) is 0 Å². The van der Waals surface area contributed by atoms with Crippen molar-refractivity contribution < 1.29 is 37.8 Å². The summed E-state index contributed by atoms with van der Waals surface area (Å²) in [7, 11) is -3.31. The molecule has 0 spiro atoms. The van der Waals surface area contributed by atoms with Gasteiger partial charge in [0.2, 0.25) is 0 Å². The van der Waals surface area contributed by atoms with Crippen molar-refractivity contribution in [2.45, 2.75) is 153 Å². The lowest BCUT2D eigenvalue weighted by Gasteiger charge is -2.28. The number of aliphatic hydroxyl groups is 2. The van der Waals surface area contributed by atoms with Crippen molar-refractivity contribution in [1.29, 1.82) is 10.5 Å². The quantitative estimate of drug-likeness (QED) is 0.0692. The second-order valence-corrected chi connectivity index (χ2v) is 14.0. The third-order valence-corrected chi connectivity index (χ3v) is 9.82. The highest BCUT2D eigenvalue weighted by Gasteiger charge is 2.56. The molecule has 11 heteroatoms. The van der Waals surface area contributed by atoms with E-state index in [-0.39, 0.29) is 13.2 Å². The van der Waals surface area contributed by atoms with Crippen molar-refractivity contribution in [3.63, 3.8) is 0 Å². The lowest BCUT2D eigenvalue weighted by molar-refractivity contribution is -0.166. The van der Waals surface area contributed by atoms with Crippen molar-refractivity contribution in [3.8, 4) is 17.9 Å². The number of hydrogen-bond acceptors (Lipinski definition) is 10. The molecule has 5 atom stereocenters. The molecular formula is C35H57N2O8P. The van der Waals surface area contributed by atoms with Gasteiger partial charge in [-0.1, -0.05) is 122 Å². The molecule has 1 saturated heterocycles. The molecule has 46 heavy (non-hydrogen) atoms. The lowest BCUT2D eigenvalue weighted by Crippen LogP contribution is -2.44. The van der Waals surface area contributed by atoms with Gasteiger partial charge in [-0.2, -0.15) is 10.5 Å². The molecule has 0 radical (unpaired) electrons. The van der Waals surface area contributed by atoms with E-state index in [1.165, 1.54) is 96.3 Å². The monoisotopic (exact) mass is 664 g/mol. The standard InChI is InChI=1S/C35H57N2O8P/c1-3-4-5-6-7-8-9-10-11-12-13-14-15-16-17-18-19-20-23-32(44-31-24-21-22-30(25-31)26-36)27-43-46(40,41-2)45-35(29-37)34(39)33(38)28-42-35/h21-22,24-25,32-34,38-39H,3-20,23,27-28H2,1-2H3/t32-,33?,34?,35?,46?/m1/s1. The van der Waals surface area contributed by atoms with Gasteiger partial charge in [0.25, 0.3) is 5.79 Å². The minimum atomic E-state index is -4.40. The molecule has 10 nitrogen and oxygen atoms in total. The van der Waals surface area contributed by atoms with Crippen LogP contribution in [0.4, 0.5) is 0 Å². The fourth-order valence-electron chi connectivity index (χ4n) is 5.58. The molecule has 1 fully saturated rings. The summed E-state index contributed by atoms with van der Waals surface area (Å²) in [6.45, 7) is 1.68. The number of benzene rings is 1. The van der Waals surface area contributed by atoms with Crippen LogP contribution in [0, 0.1) is 22.7 Å². The molecule has 260 valence electrons. The first kappa shape index (κ1) is 40.2. The van der Waals surface area contributed by atoms with Crippen LogP contribution < -0.4 is 4.74 Å². The molecule has 0 bridgehead atoms. The third-order valence-electron chi connectivity index (χ3n) is 8.41. The topological polar surface area (TPSA) is 151 Å². The maximum atomic E-state index is 13.3. The summed E-state index contributed by atoms with van der Waals surface area (Å²) in [5.41, 5.74) is 0.443. The zero-order valence-electron chi connectivity index (χ0n) is 28.1. The van der Waals surface area contributed by atoms with Crippen LogP contribution in [0.15, 0.2) is 24.3 Å². The van der Waals surface area contributed by atoms with E-state index in [0.29, 0.717) is 17.7 Å². The lowest BCUT2D eigenvalue weighted by atomic mass is 10.0. The molecule has 0 amide bonds. The molecular weight excluding hydrogens is 607 g/mol. The van der Waals surface area contributed by atoms with Gasteiger partial charge in [-0.15, -0.1) is 0 Å². The first-order valence-electron chi connectivity index (χ1n) is 17.4. The number of aliphatic hydroxyl groups excluding tert-OH is 2. The van der Waals surface area contributed by atoms with Crippen LogP contribution in [0.1, 0.15) is 134 Å². The summed E-state index contributed by atoms with van der Waals surface area (Å²) in [5, 5.41) is 38.8. The molecule has 2 N–H and O–H groups in total. The van der Waals surface area contributed by atoms with E-state index in [9.17, 15) is 25.3 Å². The second-order valence-electron chi connectivity index (χ2n) is 12.3. The van der Waals surface area contributed by atoms with Crippen LogP contribution in [0.5, 0.6) is 5.75 Å². The smallest absolute Gasteiger partial charge is 0.478 e. The maximum absolute atomic E-state index is 13.3. The highest BCUT2D eigenvalue weighted by Crippen LogP contribution is 2.54. The Hall–Kier alpha value is -2.01. The Morgan fingerprint density at radius 1 is 0.913 bits per heavy atom. The van der Waals surface area contributed by atoms with Crippen molar-refractivity contribution >= 4 is 7.82 Å². The number of hydrogen-bond donors (Lipinski definition) is 2. The second kappa shape index (κ2) is 23.3. The number of nitrogens with zero attached hydrogens (tertiary/aromatic N) is 2.